The maximum absolute atomic E-state index is 12.9. The molecule has 0 saturated carbocycles. The van der Waals surface area contributed by atoms with E-state index in [1.807, 2.05) is 4.72 Å². The molecule has 5 nitrogen and oxygen atoms in total. The zero-order valence-corrected chi connectivity index (χ0v) is 8.61. The largest absolute Gasteiger partial charge is 0.299 e. The van der Waals surface area contributed by atoms with Gasteiger partial charge in [0.05, 0.1) is 0 Å². The quantitative estimate of drug-likeness (QED) is 0.754. The summed E-state index contributed by atoms with van der Waals surface area (Å²) in [7, 11) is -3.82. The van der Waals surface area contributed by atoms with Gasteiger partial charge in [-0.05, 0) is 12.1 Å². The van der Waals surface area contributed by atoms with Crippen molar-refractivity contribution < 1.29 is 17.2 Å². The molecule has 0 aliphatic carbocycles. The summed E-state index contributed by atoms with van der Waals surface area (Å²) < 4.78 is 51.5. The first-order valence-corrected chi connectivity index (χ1v) is 5.52. The lowest BCUT2D eigenvalue weighted by molar-refractivity contribution is 0.515. The number of aromatic nitrogens is 1. The van der Waals surface area contributed by atoms with E-state index in [0.717, 1.165) is 12.1 Å². The average molecular weight is 237 g/mol. The Balaban J connectivity index is 2.90. The first-order valence-electron chi connectivity index (χ1n) is 4.04. The van der Waals surface area contributed by atoms with Crippen LogP contribution < -0.4 is 9.44 Å². The van der Waals surface area contributed by atoms with Crippen molar-refractivity contribution in [2.75, 3.05) is 11.3 Å². The Morgan fingerprint density at radius 3 is 2.60 bits per heavy atom. The topological polar surface area (TPSA) is 71.1 Å². The number of rotatable bonds is 4. The van der Waals surface area contributed by atoms with Gasteiger partial charge in [0.15, 0.2) is 0 Å². The summed E-state index contributed by atoms with van der Waals surface area (Å²) >= 11 is 0. The third kappa shape index (κ3) is 3.40. The normalized spacial score (nSPS) is 11.4. The Morgan fingerprint density at radius 1 is 1.40 bits per heavy atom. The van der Waals surface area contributed by atoms with Gasteiger partial charge in [-0.1, -0.05) is 6.92 Å². The van der Waals surface area contributed by atoms with E-state index in [1.165, 1.54) is 0 Å². The summed E-state index contributed by atoms with van der Waals surface area (Å²) in [6, 6.07) is 1.80. The first kappa shape index (κ1) is 11.8. The van der Waals surface area contributed by atoms with Crippen molar-refractivity contribution in [3.63, 3.8) is 0 Å². The maximum Gasteiger partial charge on any atom is 0.299 e. The molecule has 2 N–H and O–H groups in total. The molecule has 8 heteroatoms. The standard InChI is InChI=1S/C7H9F2N3O2S/c1-2-10-15(13,14)12-5-3-4-6(8)11-7(5)9/h3-4,10,12H,2H2,1H3. The van der Waals surface area contributed by atoms with Crippen LogP contribution in [0.15, 0.2) is 12.1 Å². The van der Waals surface area contributed by atoms with Crippen molar-refractivity contribution in [3.8, 4) is 0 Å². The van der Waals surface area contributed by atoms with Crippen LogP contribution in [0, 0.1) is 11.9 Å². The van der Waals surface area contributed by atoms with Crippen LogP contribution in [-0.2, 0) is 10.2 Å². The highest BCUT2D eigenvalue weighted by Gasteiger charge is 2.12. The summed E-state index contributed by atoms with van der Waals surface area (Å²) in [5, 5.41) is 0. The molecule has 15 heavy (non-hydrogen) atoms. The Morgan fingerprint density at radius 2 is 2.07 bits per heavy atom. The Hall–Kier alpha value is -1.28. The van der Waals surface area contributed by atoms with Gasteiger partial charge in [-0.15, -0.1) is 0 Å². The molecule has 0 aliphatic rings. The van der Waals surface area contributed by atoms with Gasteiger partial charge in [0.25, 0.3) is 10.2 Å². The summed E-state index contributed by atoms with van der Waals surface area (Å²) in [6.07, 6.45) is 0. The van der Waals surface area contributed by atoms with Gasteiger partial charge in [0, 0.05) is 6.54 Å². The van der Waals surface area contributed by atoms with E-state index in [0.29, 0.717) is 0 Å². The van der Waals surface area contributed by atoms with E-state index in [4.69, 9.17) is 0 Å². The highest BCUT2D eigenvalue weighted by atomic mass is 32.2. The average Bonchev–Trinajstić information content (AvgIpc) is 2.09. The second-order valence-electron chi connectivity index (χ2n) is 2.58. The molecule has 0 amide bonds. The van der Waals surface area contributed by atoms with E-state index in [1.54, 1.807) is 6.92 Å². The Labute approximate surface area is 85.7 Å². The molecule has 1 aromatic heterocycles. The van der Waals surface area contributed by atoms with Crippen LogP contribution in [0.25, 0.3) is 0 Å². The second kappa shape index (κ2) is 4.49. The van der Waals surface area contributed by atoms with Crippen LogP contribution in [0.3, 0.4) is 0 Å². The molecule has 0 saturated heterocycles. The molecule has 0 aliphatic heterocycles. The number of halogens is 2. The molecule has 0 spiro atoms. The zero-order chi connectivity index (χ0) is 11.5. The summed E-state index contributed by atoms with van der Waals surface area (Å²) in [6.45, 7) is 1.73. The van der Waals surface area contributed by atoms with Crippen LogP contribution in [0.5, 0.6) is 0 Å². The molecule has 0 unspecified atom stereocenters. The molecule has 1 rings (SSSR count). The highest BCUT2D eigenvalue weighted by Crippen LogP contribution is 2.12. The summed E-state index contributed by atoms with van der Waals surface area (Å²) in [4.78, 5) is 2.83. The van der Waals surface area contributed by atoms with Gasteiger partial charge >= 0.3 is 0 Å². The minimum atomic E-state index is -3.82. The molecule has 84 valence electrons. The monoisotopic (exact) mass is 237 g/mol. The number of pyridine rings is 1. The number of nitrogens with one attached hydrogen (secondary N) is 2. The van der Waals surface area contributed by atoms with Crippen LogP contribution in [0.4, 0.5) is 14.5 Å². The van der Waals surface area contributed by atoms with Gasteiger partial charge in [0.1, 0.15) is 5.69 Å². The highest BCUT2D eigenvalue weighted by molar-refractivity contribution is 7.90. The molecule has 0 bridgehead atoms. The van der Waals surface area contributed by atoms with Gasteiger partial charge in [-0.3, -0.25) is 4.72 Å². The van der Waals surface area contributed by atoms with Crippen molar-refractivity contribution in [2.45, 2.75) is 6.92 Å². The molecular formula is C7H9F2N3O2S. The molecule has 0 aromatic carbocycles. The molecule has 0 radical (unpaired) electrons. The Kier molecular flexibility index (Phi) is 3.53. The molecular weight excluding hydrogens is 228 g/mol. The van der Waals surface area contributed by atoms with Crippen LogP contribution >= 0.6 is 0 Å². The van der Waals surface area contributed by atoms with Gasteiger partial charge < -0.3 is 0 Å². The number of hydrogen-bond donors (Lipinski definition) is 2. The minimum absolute atomic E-state index is 0.158. The number of anilines is 1. The van der Waals surface area contributed by atoms with Crippen LogP contribution in [-0.4, -0.2) is 19.9 Å². The predicted molar refractivity (Wildman–Crippen MR) is 50.4 cm³/mol. The fourth-order valence-electron chi connectivity index (χ4n) is 0.859. The number of nitrogens with zero attached hydrogens (tertiary/aromatic N) is 1. The van der Waals surface area contributed by atoms with Crippen molar-refractivity contribution in [3.05, 3.63) is 24.0 Å². The van der Waals surface area contributed by atoms with Gasteiger partial charge in [-0.25, -0.2) is 0 Å². The minimum Gasteiger partial charge on any atom is -0.266 e. The van der Waals surface area contributed by atoms with Gasteiger partial charge in [-0.2, -0.15) is 26.9 Å². The van der Waals surface area contributed by atoms with Crippen LogP contribution in [0.1, 0.15) is 6.92 Å². The van der Waals surface area contributed by atoms with E-state index < -0.39 is 27.8 Å². The lowest BCUT2D eigenvalue weighted by Crippen LogP contribution is -2.30. The van der Waals surface area contributed by atoms with Gasteiger partial charge in [0.2, 0.25) is 11.9 Å². The third-order valence-electron chi connectivity index (χ3n) is 1.39. The first-order chi connectivity index (χ1) is 6.94. The van der Waals surface area contributed by atoms with Crippen molar-refractivity contribution in [1.82, 2.24) is 9.71 Å². The van der Waals surface area contributed by atoms with E-state index in [2.05, 4.69) is 9.71 Å². The SMILES string of the molecule is CCNS(=O)(=O)Nc1ccc(F)nc1F. The van der Waals surface area contributed by atoms with Crippen molar-refractivity contribution in [2.24, 2.45) is 0 Å². The fraction of sp³-hybridized carbons (Fsp3) is 0.286. The molecule has 1 aromatic rings. The smallest absolute Gasteiger partial charge is 0.266 e. The number of hydrogen-bond acceptors (Lipinski definition) is 3. The van der Waals surface area contributed by atoms with E-state index in [9.17, 15) is 17.2 Å². The maximum atomic E-state index is 12.9. The van der Waals surface area contributed by atoms with Crippen molar-refractivity contribution in [1.29, 1.82) is 0 Å². The zero-order valence-electron chi connectivity index (χ0n) is 7.79. The lowest BCUT2D eigenvalue weighted by atomic mass is 10.4. The third-order valence-corrected chi connectivity index (χ3v) is 2.55. The molecule has 1 heterocycles. The van der Waals surface area contributed by atoms with Crippen molar-refractivity contribution >= 4 is 15.9 Å². The molecule has 0 atom stereocenters. The Bertz CT molecular complexity index is 450. The lowest BCUT2D eigenvalue weighted by Gasteiger charge is -2.07. The predicted octanol–water partition coefficient (Wildman–Crippen LogP) is 0.626. The summed E-state index contributed by atoms with van der Waals surface area (Å²) in [5.41, 5.74) is -0.405. The van der Waals surface area contributed by atoms with E-state index in [-0.39, 0.29) is 6.54 Å². The second-order valence-corrected chi connectivity index (χ2v) is 4.08. The summed E-state index contributed by atoms with van der Waals surface area (Å²) in [5.74, 6) is -2.23. The fourth-order valence-corrected chi connectivity index (χ4v) is 1.75. The van der Waals surface area contributed by atoms with Crippen LogP contribution in [0.2, 0.25) is 0 Å². The molecule has 0 fully saturated rings. The van der Waals surface area contributed by atoms with E-state index >= 15 is 0 Å².